The van der Waals surface area contributed by atoms with E-state index in [-0.39, 0.29) is 18.2 Å². The molecule has 1 aromatic carbocycles. The Hall–Kier alpha value is -1.92. The number of rotatable bonds is 6. The first-order chi connectivity index (χ1) is 12.1. The maximum absolute atomic E-state index is 12.6. The number of aliphatic hydroxyl groups excluding tert-OH is 1. The number of piperazine rings is 1. The standard InChI is InChI=1S/C19H27N3O3/c23-16-8-11-22(14-16)18(24)13-17-19(25)21(12-9-20-17)10-4-7-15-5-2-1-3-6-15/h1-3,5-6,16-17,20,23H,4,7-14H2. The molecule has 2 amide bonds. The predicted octanol–water partition coefficient (Wildman–Crippen LogP) is 0.403. The Kier molecular flexibility index (Phi) is 6.04. The summed E-state index contributed by atoms with van der Waals surface area (Å²) < 4.78 is 0. The Morgan fingerprint density at radius 3 is 2.76 bits per heavy atom. The summed E-state index contributed by atoms with van der Waals surface area (Å²) in [5, 5.41) is 12.7. The Balaban J connectivity index is 1.46. The molecular formula is C19H27N3O3. The van der Waals surface area contributed by atoms with E-state index in [0.29, 0.717) is 26.1 Å². The van der Waals surface area contributed by atoms with Crippen molar-refractivity contribution in [2.75, 3.05) is 32.7 Å². The molecule has 1 aromatic rings. The van der Waals surface area contributed by atoms with E-state index in [9.17, 15) is 14.7 Å². The lowest BCUT2D eigenvalue weighted by Gasteiger charge is -2.33. The number of aliphatic hydroxyl groups is 1. The van der Waals surface area contributed by atoms with E-state index in [1.54, 1.807) is 4.90 Å². The predicted molar refractivity (Wildman–Crippen MR) is 95.0 cm³/mol. The Morgan fingerprint density at radius 2 is 2.04 bits per heavy atom. The van der Waals surface area contributed by atoms with Crippen LogP contribution in [0, 0.1) is 0 Å². The van der Waals surface area contributed by atoms with Crippen LogP contribution in [0.1, 0.15) is 24.8 Å². The van der Waals surface area contributed by atoms with E-state index in [2.05, 4.69) is 17.4 Å². The van der Waals surface area contributed by atoms with Gasteiger partial charge in [0.05, 0.1) is 18.6 Å². The zero-order valence-corrected chi connectivity index (χ0v) is 14.6. The molecule has 0 aromatic heterocycles. The topological polar surface area (TPSA) is 72.9 Å². The second-order valence-electron chi connectivity index (χ2n) is 6.91. The molecule has 2 N–H and O–H groups in total. The third kappa shape index (κ3) is 4.80. The Bertz CT molecular complexity index is 593. The van der Waals surface area contributed by atoms with Gasteiger partial charge in [-0.25, -0.2) is 0 Å². The highest BCUT2D eigenvalue weighted by atomic mass is 16.3. The molecule has 0 spiro atoms. The van der Waals surface area contributed by atoms with Gasteiger partial charge < -0.3 is 20.2 Å². The first-order valence-electron chi connectivity index (χ1n) is 9.15. The van der Waals surface area contributed by atoms with Gasteiger partial charge in [0.2, 0.25) is 11.8 Å². The molecule has 2 fully saturated rings. The van der Waals surface area contributed by atoms with Crippen LogP contribution >= 0.6 is 0 Å². The van der Waals surface area contributed by atoms with Crippen LogP contribution in [0.15, 0.2) is 30.3 Å². The Labute approximate surface area is 148 Å². The number of hydrogen-bond acceptors (Lipinski definition) is 4. The molecule has 6 heteroatoms. The van der Waals surface area contributed by atoms with Crippen LogP contribution in [0.2, 0.25) is 0 Å². The van der Waals surface area contributed by atoms with E-state index in [1.807, 2.05) is 23.1 Å². The summed E-state index contributed by atoms with van der Waals surface area (Å²) in [6.45, 7) is 3.11. The zero-order chi connectivity index (χ0) is 17.6. The van der Waals surface area contributed by atoms with Crippen molar-refractivity contribution in [2.24, 2.45) is 0 Å². The SMILES string of the molecule is O=C(CC1NCCN(CCCc2ccccc2)C1=O)N1CCC(O)C1. The molecule has 0 bridgehead atoms. The number of carbonyl (C=O) groups excluding carboxylic acids is 2. The van der Waals surface area contributed by atoms with Crippen molar-refractivity contribution in [1.82, 2.24) is 15.1 Å². The highest BCUT2D eigenvalue weighted by molar-refractivity contribution is 5.89. The lowest BCUT2D eigenvalue weighted by molar-refractivity contribution is -0.140. The molecule has 3 rings (SSSR count). The number of carbonyl (C=O) groups is 2. The molecule has 2 heterocycles. The van der Waals surface area contributed by atoms with Crippen LogP contribution in [-0.4, -0.2) is 71.6 Å². The van der Waals surface area contributed by atoms with E-state index < -0.39 is 12.1 Å². The maximum Gasteiger partial charge on any atom is 0.240 e. The highest BCUT2D eigenvalue weighted by Gasteiger charge is 2.32. The summed E-state index contributed by atoms with van der Waals surface area (Å²) in [5.41, 5.74) is 1.28. The minimum Gasteiger partial charge on any atom is -0.391 e. The number of benzene rings is 1. The molecule has 2 aliphatic heterocycles. The summed E-state index contributed by atoms with van der Waals surface area (Å²) in [6.07, 6.45) is 2.26. The van der Waals surface area contributed by atoms with Gasteiger partial charge in [0.15, 0.2) is 0 Å². The van der Waals surface area contributed by atoms with Crippen LogP contribution in [0.3, 0.4) is 0 Å². The second-order valence-corrected chi connectivity index (χ2v) is 6.91. The van der Waals surface area contributed by atoms with Crippen molar-refractivity contribution in [3.05, 3.63) is 35.9 Å². The quantitative estimate of drug-likeness (QED) is 0.783. The van der Waals surface area contributed by atoms with Gasteiger partial charge in [-0.1, -0.05) is 30.3 Å². The van der Waals surface area contributed by atoms with E-state index in [1.165, 1.54) is 5.56 Å². The van der Waals surface area contributed by atoms with Crippen LogP contribution in [0.5, 0.6) is 0 Å². The van der Waals surface area contributed by atoms with Gasteiger partial charge in [0, 0.05) is 32.7 Å². The summed E-state index contributed by atoms with van der Waals surface area (Å²) in [7, 11) is 0. The molecule has 2 atom stereocenters. The van der Waals surface area contributed by atoms with Crippen molar-refractivity contribution in [1.29, 1.82) is 0 Å². The first-order valence-corrected chi connectivity index (χ1v) is 9.15. The molecule has 0 radical (unpaired) electrons. The van der Waals surface area contributed by atoms with Crippen molar-refractivity contribution in [3.8, 4) is 0 Å². The lowest BCUT2D eigenvalue weighted by Crippen LogP contribution is -2.56. The van der Waals surface area contributed by atoms with Crippen molar-refractivity contribution >= 4 is 11.8 Å². The van der Waals surface area contributed by atoms with Crippen LogP contribution in [0.25, 0.3) is 0 Å². The Morgan fingerprint density at radius 1 is 1.24 bits per heavy atom. The fourth-order valence-corrected chi connectivity index (χ4v) is 3.56. The third-order valence-electron chi connectivity index (χ3n) is 5.01. The third-order valence-corrected chi connectivity index (χ3v) is 5.01. The average Bonchev–Trinajstić information content (AvgIpc) is 3.06. The van der Waals surface area contributed by atoms with Crippen LogP contribution in [-0.2, 0) is 16.0 Å². The van der Waals surface area contributed by atoms with Crippen LogP contribution < -0.4 is 5.32 Å². The number of nitrogens with zero attached hydrogens (tertiary/aromatic N) is 2. The molecule has 0 saturated carbocycles. The fraction of sp³-hybridized carbons (Fsp3) is 0.579. The van der Waals surface area contributed by atoms with Crippen molar-refractivity contribution in [3.63, 3.8) is 0 Å². The second kappa shape index (κ2) is 8.45. The molecule has 2 saturated heterocycles. The molecule has 6 nitrogen and oxygen atoms in total. The van der Waals surface area contributed by atoms with Crippen molar-refractivity contribution < 1.29 is 14.7 Å². The maximum atomic E-state index is 12.6. The summed E-state index contributed by atoms with van der Waals surface area (Å²) >= 11 is 0. The smallest absolute Gasteiger partial charge is 0.240 e. The minimum atomic E-state index is -0.435. The number of likely N-dealkylation sites (tertiary alicyclic amines) is 1. The van der Waals surface area contributed by atoms with Gasteiger partial charge in [0.25, 0.3) is 0 Å². The van der Waals surface area contributed by atoms with E-state index >= 15 is 0 Å². The fourth-order valence-electron chi connectivity index (χ4n) is 3.56. The molecule has 2 unspecified atom stereocenters. The lowest BCUT2D eigenvalue weighted by atomic mass is 10.1. The average molecular weight is 345 g/mol. The number of aryl methyl sites for hydroxylation is 1. The van der Waals surface area contributed by atoms with Crippen LogP contribution in [0.4, 0.5) is 0 Å². The molecule has 25 heavy (non-hydrogen) atoms. The molecular weight excluding hydrogens is 318 g/mol. The monoisotopic (exact) mass is 345 g/mol. The van der Waals surface area contributed by atoms with E-state index in [4.69, 9.17) is 0 Å². The van der Waals surface area contributed by atoms with Gasteiger partial charge in [-0.2, -0.15) is 0 Å². The minimum absolute atomic E-state index is 0.0207. The highest BCUT2D eigenvalue weighted by Crippen LogP contribution is 2.14. The zero-order valence-electron chi connectivity index (χ0n) is 14.6. The van der Waals surface area contributed by atoms with Gasteiger partial charge in [-0.05, 0) is 24.8 Å². The largest absolute Gasteiger partial charge is 0.391 e. The molecule has 2 aliphatic rings. The van der Waals surface area contributed by atoms with Gasteiger partial charge in [-0.3, -0.25) is 9.59 Å². The first kappa shape index (κ1) is 17.9. The number of nitrogens with one attached hydrogen (secondary N) is 1. The molecule has 136 valence electrons. The van der Waals surface area contributed by atoms with Gasteiger partial charge >= 0.3 is 0 Å². The number of amides is 2. The number of β-amino-alcohol motifs (C(OH)–C–C–N with tert-alkyl or cyclic N) is 1. The number of hydrogen-bond donors (Lipinski definition) is 2. The summed E-state index contributed by atoms with van der Waals surface area (Å²) in [5.74, 6) is -0.0269. The summed E-state index contributed by atoms with van der Waals surface area (Å²) in [6, 6.07) is 9.84. The van der Waals surface area contributed by atoms with Gasteiger partial charge in [0.1, 0.15) is 0 Å². The van der Waals surface area contributed by atoms with E-state index in [0.717, 1.165) is 25.9 Å². The summed E-state index contributed by atoms with van der Waals surface area (Å²) in [4.78, 5) is 28.5. The normalized spacial score (nSPS) is 24.0. The van der Waals surface area contributed by atoms with Gasteiger partial charge in [-0.15, -0.1) is 0 Å². The molecule has 0 aliphatic carbocycles. The van der Waals surface area contributed by atoms with Crippen molar-refractivity contribution in [2.45, 2.75) is 37.8 Å².